The third-order valence-corrected chi connectivity index (χ3v) is 3.73. The number of hydrogen-bond donors (Lipinski definition) is 1. The highest BCUT2D eigenvalue weighted by Crippen LogP contribution is 2.24. The second-order valence-electron chi connectivity index (χ2n) is 5.84. The smallest absolute Gasteiger partial charge is 0.0597 e. The molecule has 0 saturated heterocycles. The van der Waals surface area contributed by atoms with Crippen LogP contribution in [0.2, 0.25) is 0 Å². The van der Waals surface area contributed by atoms with Gasteiger partial charge in [-0.2, -0.15) is 5.10 Å². The molecule has 0 aliphatic rings. The molecule has 0 saturated carbocycles. The Kier molecular flexibility index (Phi) is 4.75. The van der Waals surface area contributed by atoms with Crippen molar-refractivity contribution >= 4 is 0 Å². The highest BCUT2D eigenvalue weighted by Gasteiger charge is 2.21. The lowest BCUT2D eigenvalue weighted by atomic mass is 9.81. The van der Waals surface area contributed by atoms with Gasteiger partial charge in [0.15, 0.2) is 0 Å². The molecular weight excluding hydrogens is 210 g/mol. The lowest BCUT2D eigenvalue weighted by Gasteiger charge is -2.29. The Bertz CT molecular complexity index is 350. The standard InChI is InChI=1S/C14H27N3/c1-7-17-13(8-12(4)16-17)9-15-10-14(5,6)11(2)3/h8,11,15H,7,9-10H2,1-6H3. The third kappa shape index (κ3) is 3.84. The van der Waals surface area contributed by atoms with Gasteiger partial charge in [-0.25, -0.2) is 0 Å². The van der Waals surface area contributed by atoms with E-state index >= 15 is 0 Å². The van der Waals surface area contributed by atoms with Crippen LogP contribution in [0.3, 0.4) is 0 Å². The summed E-state index contributed by atoms with van der Waals surface area (Å²) in [6, 6.07) is 2.17. The predicted octanol–water partition coefficient (Wildman–Crippen LogP) is 2.98. The molecule has 0 aromatic carbocycles. The van der Waals surface area contributed by atoms with Gasteiger partial charge in [0.2, 0.25) is 0 Å². The average Bonchev–Trinajstić information content (AvgIpc) is 2.58. The number of aryl methyl sites for hydroxylation is 2. The fourth-order valence-electron chi connectivity index (χ4n) is 1.73. The van der Waals surface area contributed by atoms with E-state index in [9.17, 15) is 0 Å². The van der Waals surface area contributed by atoms with E-state index < -0.39 is 0 Å². The number of nitrogens with one attached hydrogen (secondary N) is 1. The second kappa shape index (κ2) is 5.67. The summed E-state index contributed by atoms with van der Waals surface area (Å²) in [5.74, 6) is 0.688. The molecular formula is C14H27N3. The Labute approximate surface area is 106 Å². The van der Waals surface area contributed by atoms with E-state index in [1.165, 1.54) is 5.69 Å². The summed E-state index contributed by atoms with van der Waals surface area (Å²) in [5, 5.41) is 8.01. The first-order valence-corrected chi connectivity index (χ1v) is 6.61. The fraction of sp³-hybridized carbons (Fsp3) is 0.786. The molecule has 1 rings (SSSR count). The van der Waals surface area contributed by atoms with Crippen LogP contribution in [0.4, 0.5) is 0 Å². The number of rotatable bonds is 6. The summed E-state index contributed by atoms with van der Waals surface area (Å²) in [5.41, 5.74) is 2.72. The molecule has 0 spiro atoms. The number of aromatic nitrogens is 2. The van der Waals surface area contributed by atoms with Crippen LogP contribution in [-0.2, 0) is 13.1 Å². The van der Waals surface area contributed by atoms with Crippen LogP contribution in [0.15, 0.2) is 6.07 Å². The molecule has 1 aromatic heterocycles. The molecule has 0 radical (unpaired) electrons. The zero-order valence-electron chi connectivity index (χ0n) is 12.2. The fourth-order valence-corrected chi connectivity index (χ4v) is 1.73. The maximum atomic E-state index is 4.46. The normalized spacial score (nSPS) is 12.4. The first kappa shape index (κ1) is 14.2. The van der Waals surface area contributed by atoms with Crippen molar-refractivity contribution in [1.82, 2.24) is 15.1 Å². The Morgan fingerprint density at radius 3 is 2.59 bits per heavy atom. The van der Waals surface area contributed by atoms with Crippen molar-refractivity contribution in [1.29, 1.82) is 0 Å². The lowest BCUT2D eigenvalue weighted by molar-refractivity contribution is 0.237. The quantitative estimate of drug-likeness (QED) is 0.824. The molecule has 0 unspecified atom stereocenters. The van der Waals surface area contributed by atoms with Gasteiger partial charge >= 0.3 is 0 Å². The first-order chi connectivity index (χ1) is 7.86. The van der Waals surface area contributed by atoms with E-state index in [4.69, 9.17) is 0 Å². The average molecular weight is 237 g/mol. The van der Waals surface area contributed by atoms with Gasteiger partial charge in [-0.1, -0.05) is 27.7 Å². The van der Waals surface area contributed by atoms with Gasteiger partial charge in [0.1, 0.15) is 0 Å². The van der Waals surface area contributed by atoms with Crippen molar-refractivity contribution in [3.63, 3.8) is 0 Å². The zero-order chi connectivity index (χ0) is 13.1. The molecule has 17 heavy (non-hydrogen) atoms. The minimum absolute atomic E-state index is 0.339. The number of hydrogen-bond acceptors (Lipinski definition) is 2. The topological polar surface area (TPSA) is 29.9 Å². The van der Waals surface area contributed by atoms with Crippen LogP contribution >= 0.6 is 0 Å². The first-order valence-electron chi connectivity index (χ1n) is 6.61. The summed E-state index contributed by atoms with van der Waals surface area (Å²) < 4.78 is 2.07. The van der Waals surface area contributed by atoms with Gasteiger partial charge in [-0.3, -0.25) is 4.68 Å². The molecule has 0 aliphatic carbocycles. The van der Waals surface area contributed by atoms with Gasteiger partial charge < -0.3 is 5.32 Å². The largest absolute Gasteiger partial charge is 0.311 e. The summed E-state index contributed by atoms with van der Waals surface area (Å²) in [6.07, 6.45) is 0. The van der Waals surface area contributed by atoms with Crippen LogP contribution in [0.25, 0.3) is 0 Å². The van der Waals surface area contributed by atoms with E-state index in [-0.39, 0.29) is 0 Å². The van der Waals surface area contributed by atoms with Crippen molar-refractivity contribution in [3.8, 4) is 0 Å². The van der Waals surface area contributed by atoms with E-state index in [0.717, 1.165) is 25.3 Å². The maximum Gasteiger partial charge on any atom is 0.0597 e. The molecule has 0 atom stereocenters. The Morgan fingerprint density at radius 2 is 2.06 bits per heavy atom. The molecule has 0 bridgehead atoms. The SMILES string of the molecule is CCn1nc(C)cc1CNCC(C)(C)C(C)C. The zero-order valence-corrected chi connectivity index (χ0v) is 12.2. The summed E-state index contributed by atoms with van der Waals surface area (Å²) >= 11 is 0. The minimum atomic E-state index is 0.339. The van der Waals surface area contributed by atoms with Crippen molar-refractivity contribution < 1.29 is 0 Å². The molecule has 0 amide bonds. The van der Waals surface area contributed by atoms with Crippen molar-refractivity contribution in [3.05, 3.63) is 17.5 Å². The van der Waals surface area contributed by atoms with Gasteiger partial charge in [-0.15, -0.1) is 0 Å². The molecule has 3 nitrogen and oxygen atoms in total. The van der Waals surface area contributed by atoms with Gasteiger partial charge in [0, 0.05) is 19.6 Å². The molecule has 3 heteroatoms. The predicted molar refractivity (Wildman–Crippen MR) is 73.0 cm³/mol. The number of nitrogens with zero attached hydrogens (tertiary/aromatic N) is 2. The van der Waals surface area contributed by atoms with Gasteiger partial charge in [0.05, 0.1) is 11.4 Å². The summed E-state index contributed by atoms with van der Waals surface area (Å²) in [7, 11) is 0. The van der Waals surface area contributed by atoms with Crippen LogP contribution in [0.5, 0.6) is 0 Å². The second-order valence-corrected chi connectivity index (χ2v) is 5.84. The molecule has 0 fully saturated rings. The van der Waals surface area contributed by atoms with Crippen LogP contribution < -0.4 is 5.32 Å². The van der Waals surface area contributed by atoms with Crippen molar-refractivity contribution in [2.24, 2.45) is 11.3 Å². The maximum absolute atomic E-state index is 4.46. The molecule has 1 heterocycles. The third-order valence-electron chi connectivity index (χ3n) is 3.73. The summed E-state index contributed by atoms with van der Waals surface area (Å²) in [4.78, 5) is 0. The Balaban J connectivity index is 2.51. The van der Waals surface area contributed by atoms with Crippen LogP contribution in [0.1, 0.15) is 46.0 Å². The summed E-state index contributed by atoms with van der Waals surface area (Å²) in [6.45, 7) is 16.3. The Morgan fingerprint density at radius 1 is 1.41 bits per heavy atom. The van der Waals surface area contributed by atoms with Crippen LogP contribution in [0, 0.1) is 18.3 Å². The minimum Gasteiger partial charge on any atom is -0.311 e. The Hall–Kier alpha value is -0.830. The van der Waals surface area contributed by atoms with Crippen molar-refractivity contribution in [2.45, 2.75) is 54.6 Å². The van der Waals surface area contributed by atoms with Crippen molar-refractivity contribution in [2.75, 3.05) is 6.54 Å². The molecule has 1 aromatic rings. The molecule has 98 valence electrons. The highest BCUT2D eigenvalue weighted by molar-refractivity contribution is 5.08. The molecule has 1 N–H and O–H groups in total. The molecule has 0 aliphatic heterocycles. The lowest BCUT2D eigenvalue weighted by Crippen LogP contribution is -2.33. The van der Waals surface area contributed by atoms with E-state index in [1.807, 2.05) is 6.92 Å². The van der Waals surface area contributed by atoms with E-state index in [0.29, 0.717) is 11.3 Å². The highest BCUT2D eigenvalue weighted by atomic mass is 15.3. The van der Waals surface area contributed by atoms with Gasteiger partial charge in [-0.05, 0) is 31.2 Å². The van der Waals surface area contributed by atoms with Crippen LogP contribution in [-0.4, -0.2) is 16.3 Å². The van der Waals surface area contributed by atoms with Gasteiger partial charge in [0.25, 0.3) is 0 Å². The van der Waals surface area contributed by atoms with E-state index in [2.05, 4.69) is 55.8 Å². The monoisotopic (exact) mass is 237 g/mol. The van der Waals surface area contributed by atoms with E-state index in [1.54, 1.807) is 0 Å².